The van der Waals surface area contributed by atoms with E-state index in [0.29, 0.717) is 11.1 Å². The minimum absolute atomic E-state index is 0.00945. The fraction of sp³-hybridized carbons (Fsp3) is 0.462. The lowest BCUT2D eigenvalue weighted by atomic mass is 10.2. The van der Waals surface area contributed by atoms with Gasteiger partial charge in [0.05, 0.1) is 17.7 Å². The normalized spacial score (nSPS) is 15.9. The van der Waals surface area contributed by atoms with Gasteiger partial charge in [-0.2, -0.15) is 0 Å². The summed E-state index contributed by atoms with van der Waals surface area (Å²) in [6, 6.07) is 5.93. The van der Waals surface area contributed by atoms with E-state index < -0.39 is 0 Å². The molecule has 1 N–H and O–H groups in total. The van der Waals surface area contributed by atoms with Crippen LogP contribution in [0.5, 0.6) is 0 Å². The Morgan fingerprint density at radius 1 is 1.35 bits per heavy atom. The lowest BCUT2D eigenvalue weighted by Crippen LogP contribution is -2.08. The van der Waals surface area contributed by atoms with E-state index in [1.807, 2.05) is 16.8 Å². The summed E-state index contributed by atoms with van der Waals surface area (Å²) in [5, 5.41) is 22.5. The first-order chi connectivity index (χ1) is 9.78. The number of nitrogens with zero attached hydrogens (tertiary/aromatic N) is 4. The molecule has 0 unspecified atom stereocenters. The number of rotatable bonds is 4. The van der Waals surface area contributed by atoms with Crippen molar-refractivity contribution < 1.29 is 5.11 Å². The summed E-state index contributed by atoms with van der Waals surface area (Å²) in [6.45, 7) is -0.00945. The largest absolute Gasteiger partial charge is 0.392 e. The Labute approximate surface area is 126 Å². The SMILES string of the molecule is OCc1ccc(Sc2nnnn2C2CCCC2)c(Cl)c1. The maximum atomic E-state index is 9.10. The molecule has 0 radical (unpaired) electrons. The van der Waals surface area contributed by atoms with Gasteiger partial charge in [0.1, 0.15) is 0 Å². The summed E-state index contributed by atoms with van der Waals surface area (Å²) in [5.74, 6) is 0. The van der Waals surface area contributed by atoms with Crippen molar-refractivity contribution in [2.75, 3.05) is 0 Å². The zero-order valence-corrected chi connectivity index (χ0v) is 12.4. The van der Waals surface area contributed by atoms with Crippen molar-refractivity contribution in [1.29, 1.82) is 0 Å². The standard InChI is InChI=1S/C13H15ClN4OS/c14-11-7-9(8-19)5-6-12(11)20-13-15-16-17-18(13)10-3-1-2-4-10/h5-7,10,19H,1-4,8H2. The average Bonchev–Trinajstić information content (AvgIpc) is 3.11. The highest BCUT2D eigenvalue weighted by Gasteiger charge is 2.22. The second-order valence-corrected chi connectivity index (χ2v) is 6.29. The smallest absolute Gasteiger partial charge is 0.214 e. The van der Waals surface area contributed by atoms with Crippen molar-refractivity contribution in [2.45, 2.75) is 48.4 Å². The molecule has 1 fully saturated rings. The fourth-order valence-corrected chi connectivity index (χ4v) is 3.62. The molecule has 0 bridgehead atoms. The van der Waals surface area contributed by atoms with Crippen molar-refractivity contribution in [2.24, 2.45) is 0 Å². The highest BCUT2D eigenvalue weighted by atomic mass is 35.5. The highest BCUT2D eigenvalue weighted by Crippen LogP contribution is 2.36. The molecule has 0 aliphatic heterocycles. The van der Waals surface area contributed by atoms with Gasteiger partial charge in [0, 0.05) is 4.90 Å². The first-order valence-electron chi connectivity index (χ1n) is 6.63. The number of halogens is 1. The Bertz CT molecular complexity index is 598. The van der Waals surface area contributed by atoms with E-state index in [9.17, 15) is 0 Å². The molecule has 106 valence electrons. The number of benzene rings is 1. The molecule has 1 aromatic heterocycles. The van der Waals surface area contributed by atoms with E-state index in [0.717, 1.165) is 28.5 Å². The van der Waals surface area contributed by atoms with Crippen LogP contribution in [0.3, 0.4) is 0 Å². The van der Waals surface area contributed by atoms with Crippen LogP contribution in [0.4, 0.5) is 0 Å². The maximum Gasteiger partial charge on any atom is 0.214 e. The number of hydrogen-bond acceptors (Lipinski definition) is 5. The molecule has 1 saturated carbocycles. The molecule has 0 spiro atoms. The minimum Gasteiger partial charge on any atom is -0.392 e. The first kappa shape index (κ1) is 13.9. The molecule has 0 atom stereocenters. The van der Waals surface area contributed by atoms with Crippen molar-refractivity contribution in [3.8, 4) is 0 Å². The van der Waals surface area contributed by atoms with Gasteiger partial charge in [0.25, 0.3) is 0 Å². The third-order valence-corrected chi connectivity index (χ3v) is 4.97. The molecule has 1 aliphatic carbocycles. The molecule has 0 saturated heterocycles. The fourth-order valence-electron chi connectivity index (χ4n) is 2.45. The van der Waals surface area contributed by atoms with Crippen LogP contribution in [-0.4, -0.2) is 25.3 Å². The van der Waals surface area contributed by atoms with Crippen LogP contribution in [0.1, 0.15) is 37.3 Å². The van der Waals surface area contributed by atoms with E-state index in [1.165, 1.54) is 24.6 Å². The molecule has 20 heavy (non-hydrogen) atoms. The minimum atomic E-state index is -0.00945. The number of hydrogen-bond donors (Lipinski definition) is 1. The molecule has 0 amide bonds. The lowest BCUT2D eigenvalue weighted by Gasteiger charge is -2.11. The van der Waals surface area contributed by atoms with Crippen molar-refractivity contribution in [3.63, 3.8) is 0 Å². The molecule has 1 aromatic carbocycles. The third-order valence-electron chi connectivity index (χ3n) is 3.51. The molecular weight excluding hydrogens is 296 g/mol. The number of aliphatic hydroxyl groups excluding tert-OH is 1. The van der Waals surface area contributed by atoms with Gasteiger partial charge in [-0.15, -0.1) is 5.10 Å². The zero-order chi connectivity index (χ0) is 13.9. The van der Waals surface area contributed by atoms with Crippen LogP contribution >= 0.6 is 23.4 Å². The summed E-state index contributed by atoms with van der Waals surface area (Å²) in [7, 11) is 0. The average molecular weight is 311 g/mol. The first-order valence-corrected chi connectivity index (χ1v) is 7.82. The second kappa shape index (κ2) is 6.11. The van der Waals surface area contributed by atoms with Gasteiger partial charge >= 0.3 is 0 Å². The van der Waals surface area contributed by atoms with Gasteiger partial charge in [-0.3, -0.25) is 0 Å². The van der Waals surface area contributed by atoms with E-state index in [1.54, 1.807) is 6.07 Å². The predicted molar refractivity (Wildman–Crippen MR) is 76.8 cm³/mol. The Balaban J connectivity index is 1.83. The highest BCUT2D eigenvalue weighted by molar-refractivity contribution is 7.99. The van der Waals surface area contributed by atoms with E-state index in [2.05, 4.69) is 15.5 Å². The zero-order valence-electron chi connectivity index (χ0n) is 10.9. The van der Waals surface area contributed by atoms with Crippen molar-refractivity contribution >= 4 is 23.4 Å². The van der Waals surface area contributed by atoms with Gasteiger partial charge in [-0.1, -0.05) is 30.5 Å². The maximum absolute atomic E-state index is 9.10. The van der Waals surface area contributed by atoms with Crippen LogP contribution in [-0.2, 0) is 6.61 Å². The second-order valence-electron chi connectivity index (χ2n) is 4.87. The van der Waals surface area contributed by atoms with Gasteiger partial charge < -0.3 is 5.11 Å². The Morgan fingerprint density at radius 3 is 2.85 bits per heavy atom. The van der Waals surface area contributed by atoms with Gasteiger partial charge in [-0.05, 0) is 52.7 Å². The summed E-state index contributed by atoms with van der Waals surface area (Å²) in [6.07, 6.45) is 4.74. The molecule has 5 nitrogen and oxygen atoms in total. The third kappa shape index (κ3) is 2.82. The molecule has 1 aliphatic rings. The van der Waals surface area contributed by atoms with Crippen molar-refractivity contribution in [1.82, 2.24) is 20.2 Å². The summed E-state index contributed by atoms with van der Waals surface area (Å²) >= 11 is 7.69. The van der Waals surface area contributed by atoms with E-state index >= 15 is 0 Å². The monoisotopic (exact) mass is 310 g/mol. The van der Waals surface area contributed by atoms with Crippen LogP contribution < -0.4 is 0 Å². The quantitative estimate of drug-likeness (QED) is 0.940. The van der Waals surface area contributed by atoms with Gasteiger partial charge in [0.2, 0.25) is 5.16 Å². The van der Waals surface area contributed by atoms with Crippen LogP contribution in [0, 0.1) is 0 Å². The Hall–Kier alpha value is -1.11. The Morgan fingerprint density at radius 2 is 2.15 bits per heavy atom. The summed E-state index contributed by atoms with van der Waals surface area (Å²) in [4.78, 5) is 0.901. The van der Waals surface area contributed by atoms with Crippen LogP contribution in [0.15, 0.2) is 28.3 Å². The van der Waals surface area contributed by atoms with Crippen molar-refractivity contribution in [3.05, 3.63) is 28.8 Å². The molecule has 1 heterocycles. The van der Waals surface area contributed by atoms with E-state index in [-0.39, 0.29) is 6.61 Å². The van der Waals surface area contributed by atoms with Gasteiger partial charge in [-0.25, -0.2) is 4.68 Å². The van der Waals surface area contributed by atoms with Gasteiger partial charge in [0.15, 0.2) is 0 Å². The molecule has 7 heteroatoms. The predicted octanol–water partition coefficient (Wildman–Crippen LogP) is 3.09. The number of aromatic nitrogens is 4. The summed E-state index contributed by atoms with van der Waals surface area (Å²) < 4.78 is 1.91. The van der Waals surface area contributed by atoms with Crippen LogP contribution in [0.25, 0.3) is 0 Å². The lowest BCUT2D eigenvalue weighted by molar-refractivity contribution is 0.282. The van der Waals surface area contributed by atoms with E-state index in [4.69, 9.17) is 16.7 Å². The molecule has 3 rings (SSSR count). The molecular formula is C13H15ClN4OS. The molecule has 2 aromatic rings. The topological polar surface area (TPSA) is 63.8 Å². The van der Waals surface area contributed by atoms with Crippen LogP contribution in [0.2, 0.25) is 5.02 Å². The Kier molecular flexibility index (Phi) is 4.24. The number of tetrazole rings is 1. The summed E-state index contributed by atoms with van der Waals surface area (Å²) in [5.41, 5.74) is 0.801. The number of aliphatic hydroxyl groups is 1.